The summed E-state index contributed by atoms with van der Waals surface area (Å²) in [6.07, 6.45) is 1.16. The van der Waals surface area contributed by atoms with Crippen molar-refractivity contribution in [2.45, 2.75) is 17.3 Å². The monoisotopic (exact) mass is 182 g/mol. The first-order valence-corrected chi connectivity index (χ1v) is 3.56. The van der Waals surface area contributed by atoms with E-state index in [9.17, 15) is 13.2 Å². The highest BCUT2D eigenvalue weighted by atomic mass is 32.2. The Bertz CT molecular complexity index is 242. The lowest BCUT2D eigenvalue weighted by atomic mass is 10.5. The summed E-state index contributed by atoms with van der Waals surface area (Å²) in [6, 6.07) is 0. The molecule has 0 saturated carbocycles. The average Bonchev–Trinajstić information content (AvgIpc) is 2.12. The number of aromatic amines is 1. The Kier molecular flexibility index (Phi) is 2.12. The number of aromatic nitrogens is 2. The first kappa shape index (κ1) is 8.45. The standard InChI is InChI=1S/C5H5F3N2S/c1-3-4(2-9-10-3)11-5(6,7)8/h2H,1H3,(H,9,10). The van der Waals surface area contributed by atoms with Gasteiger partial charge in [0, 0.05) is 5.69 Å². The van der Waals surface area contributed by atoms with E-state index in [4.69, 9.17) is 0 Å². The molecule has 0 spiro atoms. The van der Waals surface area contributed by atoms with Crippen molar-refractivity contribution in [3.8, 4) is 0 Å². The molecule has 62 valence electrons. The summed E-state index contributed by atoms with van der Waals surface area (Å²) >= 11 is -0.160. The number of aryl methyl sites for hydroxylation is 1. The van der Waals surface area contributed by atoms with Crippen LogP contribution in [-0.4, -0.2) is 15.7 Å². The predicted molar refractivity (Wildman–Crippen MR) is 35.2 cm³/mol. The van der Waals surface area contributed by atoms with E-state index in [0.717, 1.165) is 6.20 Å². The van der Waals surface area contributed by atoms with Crippen LogP contribution in [0.2, 0.25) is 0 Å². The molecular weight excluding hydrogens is 177 g/mol. The molecule has 0 saturated heterocycles. The van der Waals surface area contributed by atoms with Crippen LogP contribution in [0.15, 0.2) is 11.1 Å². The summed E-state index contributed by atoms with van der Waals surface area (Å²) in [5.74, 6) is 0. The Labute approximate surface area is 65.2 Å². The molecule has 0 aliphatic heterocycles. The molecule has 0 radical (unpaired) electrons. The second kappa shape index (κ2) is 2.77. The summed E-state index contributed by atoms with van der Waals surface area (Å²) in [5.41, 5.74) is -3.79. The third kappa shape index (κ3) is 2.45. The molecule has 0 bridgehead atoms. The van der Waals surface area contributed by atoms with Crippen LogP contribution in [0.4, 0.5) is 13.2 Å². The second-order valence-electron chi connectivity index (χ2n) is 1.91. The van der Waals surface area contributed by atoms with Gasteiger partial charge >= 0.3 is 5.51 Å². The van der Waals surface area contributed by atoms with Crippen LogP contribution in [0.25, 0.3) is 0 Å². The highest BCUT2D eigenvalue weighted by molar-refractivity contribution is 8.00. The normalized spacial score (nSPS) is 12.0. The molecule has 6 heteroatoms. The van der Waals surface area contributed by atoms with Crippen LogP contribution in [0.3, 0.4) is 0 Å². The van der Waals surface area contributed by atoms with Crippen LogP contribution < -0.4 is 0 Å². The van der Waals surface area contributed by atoms with Gasteiger partial charge in [0.25, 0.3) is 0 Å². The SMILES string of the molecule is Cc1[nH]ncc1SC(F)(F)F. The van der Waals surface area contributed by atoms with Crippen molar-refractivity contribution in [2.75, 3.05) is 0 Å². The van der Waals surface area contributed by atoms with Crippen LogP contribution in [0, 0.1) is 6.92 Å². The van der Waals surface area contributed by atoms with E-state index < -0.39 is 5.51 Å². The number of halogens is 3. The number of nitrogens with zero attached hydrogens (tertiary/aromatic N) is 1. The Hall–Kier alpha value is -0.650. The molecule has 1 aromatic heterocycles. The summed E-state index contributed by atoms with van der Waals surface area (Å²) in [7, 11) is 0. The van der Waals surface area contributed by atoms with Gasteiger partial charge in [-0.2, -0.15) is 18.3 Å². The molecule has 0 fully saturated rings. The Balaban J connectivity index is 2.72. The highest BCUT2D eigenvalue weighted by Crippen LogP contribution is 2.37. The lowest BCUT2D eigenvalue weighted by Gasteiger charge is -2.02. The van der Waals surface area contributed by atoms with Gasteiger partial charge in [0.15, 0.2) is 0 Å². The summed E-state index contributed by atoms with van der Waals surface area (Å²) in [6.45, 7) is 1.54. The van der Waals surface area contributed by atoms with Gasteiger partial charge in [0.2, 0.25) is 0 Å². The highest BCUT2D eigenvalue weighted by Gasteiger charge is 2.30. The van der Waals surface area contributed by atoms with Crippen molar-refractivity contribution < 1.29 is 13.2 Å². The van der Waals surface area contributed by atoms with E-state index in [1.807, 2.05) is 0 Å². The van der Waals surface area contributed by atoms with Crippen molar-refractivity contribution in [3.63, 3.8) is 0 Å². The molecule has 0 atom stereocenters. The van der Waals surface area contributed by atoms with Crippen molar-refractivity contribution in [3.05, 3.63) is 11.9 Å². The summed E-state index contributed by atoms with van der Waals surface area (Å²) in [5, 5.41) is 5.88. The predicted octanol–water partition coefficient (Wildman–Crippen LogP) is 2.33. The smallest absolute Gasteiger partial charge is 0.282 e. The van der Waals surface area contributed by atoms with Crippen molar-refractivity contribution in [1.82, 2.24) is 10.2 Å². The number of hydrogen-bond donors (Lipinski definition) is 1. The maximum absolute atomic E-state index is 11.7. The van der Waals surface area contributed by atoms with Gasteiger partial charge in [0.1, 0.15) is 0 Å². The number of alkyl halides is 3. The quantitative estimate of drug-likeness (QED) is 0.675. The van der Waals surface area contributed by atoms with Crippen LogP contribution in [0.1, 0.15) is 5.69 Å². The third-order valence-electron chi connectivity index (χ3n) is 1.01. The fourth-order valence-corrected chi connectivity index (χ4v) is 1.12. The summed E-state index contributed by atoms with van der Waals surface area (Å²) < 4.78 is 35.2. The van der Waals surface area contributed by atoms with Crippen molar-refractivity contribution in [2.24, 2.45) is 0 Å². The minimum atomic E-state index is -4.23. The molecule has 0 amide bonds. The van der Waals surface area contributed by atoms with Gasteiger partial charge in [-0.25, -0.2) is 0 Å². The maximum atomic E-state index is 11.7. The largest absolute Gasteiger partial charge is 0.446 e. The van der Waals surface area contributed by atoms with Gasteiger partial charge in [0.05, 0.1) is 11.1 Å². The average molecular weight is 182 g/mol. The molecule has 1 aromatic rings. The molecular formula is C5H5F3N2S. The number of H-pyrrole nitrogens is 1. The third-order valence-corrected chi connectivity index (χ3v) is 1.87. The molecule has 1 heterocycles. The number of nitrogens with one attached hydrogen (secondary N) is 1. The van der Waals surface area contributed by atoms with Gasteiger partial charge in [-0.1, -0.05) is 0 Å². The van der Waals surface area contributed by atoms with E-state index in [-0.39, 0.29) is 16.7 Å². The first-order chi connectivity index (χ1) is 4.99. The number of thioether (sulfide) groups is 1. The maximum Gasteiger partial charge on any atom is 0.446 e. The summed E-state index contributed by atoms with van der Waals surface area (Å²) in [4.78, 5) is 0.123. The Morgan fingerprint density at radius 3 is 2.55 bits per heavy atom. The molecule has 0 aliphatic carbocycles. The molecule has 0 aliphatic rings. The molecule has 2 nitrogen and oxygen atoms in total. The van der Waals surface area contributed by atoms with Crippen LogP contribution in [0.5, 0.6) is 0 Å². The fourth-order valence-electron chi connectivity index (χ4n) is 0.567. The zero-order valence-corrected chi connectivity index (χ0v) is 6.38. The van der Waals surface area contributed by atoms with Gasteiger partial charge in [-0.15, -0.1) is 0 Å². The lowest BCUT2D eigenvalue weighted by molar-refractivity contribution is -0.0328. The second-order valence-corrected chi connectivity index (χ2v) is 3.01. The Morgan fingerprint density at radius 2 is 2.18 bits per heavy atom. The lowest BCUT2D eigenvalue weighted by Crippen LogP contribution is -1.98. The zero-order chi connectivity index (χ0) is 8.48. The molecule has 0 aromatic carbocycles. The molecule has 1 N–H and O–H groups in total. The zero-order valence-electron chi connectivity index (χ0n) is 5.57. The van der Waals surface area contributed by atoms with E-state index >= 15 is 0 Å². The van der Waals surface area contributed by atoms with Gasteiger partial charge in [-0.3, -0.25) is 5.10 Å². The van der Waals surface area contributed by atoms with E-state index in [1.165, 1.54) is 0 Å². The minimum Gasteiger partial charge on any atom is -0.282 e. The number of hydrogen-bond acceptors (Lipinski definition) is 2. The van der Waals surface area contributed by atoms with Crippen molar-refractivity contribution >= 4 is 11.8 Å². The first-order valence-electron chi connectivity index (χ1n) is 2.75. The molecule has 0 unspecified atom stereocenters. The van der Waals surface area contributed by atoms with E-state index in [2.05, 4.69) is 10.2 Å². The fraction of sp³-hybridized carbons (Fsp3) is 0.400. The number of rotatable bonds is 1. The van der Waals surface area contributed by atoms with E-state index in [1.54, 1.807) is 6.92 Å². The van der Waals surface area contributed by atoms with Crippen LogP contribution >= 0.6 is 11.8 Å². The van der Waals surface area contributed by atoms with E-state index in [0.29, 0.717) is 5.69 Å². The van der Waals surface area contributed by atoms with Crippen molar-refractivity contribution in [1.29, 1.82) is 0 Å². The minimum absolute atomic E-state index is 0.123. The van der Waals surface area contributed by atoms with Gasteiger partial charge in [-0.05, 0) is 18.7 Å². The Morgan fingerprint density at radius 1 is 1.55 bits per heavy atom. The molecule has 11 heavy (non-hydrogen) atoms. The van der Waals surface area contributed by atoms with Crippen LogP contribution in [-0.2, 0) is 0 Å². The molecule has 1 rings (SSSR count). The topological polar surface area (TPSA) is 28.7 Å². The van der Waals surface area contributed by atoms with Gasteiger partial charge < -0.3 is 0 Å².